The van der Waals surface area contributed by atoms with Crippen LogP contribution < -0.4 is 16.0 Å². The van der Waals surface area contributed by atoms with Crippen LogP contribution in [0.5, 0.6) is 0 Å². The molecule has 3 amide bonds. The van der Waals surface area contributed by atoms with E-state index in [0.29, 0.717) is 24.4 Å². The second-order valence-corrected chi connectivity index (χ2v) is 8.14. The molecule has 186 valence electrons. The van der Waals surface area contributed by atoms with Crippen molar-refractivity contribution in [3.8, 4) is 0 Å². The molecule has 1 saturated heterocycles. The van der Waals surface area contributed by atoms with Crippen LogP contribution in [0.25, 0.3) is 0 Å². The third kappa shape index (κ3) is 6.28. The van der Waals surface area contributed by atoms with Crippen LogP contribution >= 0.6 is 0 Å². The number of nitrogens with one attached hydrogen (secondary N) is 3. The van der Waals surface area contributed by atoms with Gasteiger partial charge in [-0.1, -0.05) is 18.2 Å². The number of amides is 3. The Hall–Kier alpha value is -4.18. The van der Waals surface area contributed by atoms with E-state index < -0.39 is 29.7 Å². The summed E-state index contributed by atoms with van der Waals surface area (Å²) in [5, 5.41) is 7.84. The monoisotopic (exact) mass is 497 g/mol. The molecule has 7 nitrogen and oxygen atoms in total. The molecule has 0 saturated carbocycles. The second kappa shape index (κ2) is 10.6. The number of alkyl halides is 3. The fourth-order valence-corrected chi connectivity index (χ4v) is 3.66. The molecule has 0 aromatic heterocycles. The van der Waals surface area contributed by atoms with Crippen LogP contribution in [0.4, 0.5) is 30.2 Å². The molecule has 3 N–H and O–H groups in total. The van der Waals surface area contributed by atoms with E-state index in [2.05, 4.69) is 16.0 Å². The van der Waals surface area contributed by atoms with E-state index in [-0.39, 0.29) is 22.7 Å². The molecule has 10 heteroatoms. The Balaban J connectivity index is 1.41. The Labute approximate surface area is 204 Å². The van der Waals surface area contributed by atoms with Crippen LogP contribution in [-0.2, 0) is 15.7 Å². The van der Waals surface area contributed by atoms with Gasteiger partial charge < -0.3 is 20.7 Å². The van der Waals surface area contributed by atoms with Gasteiger partial charge in [0.05, 0.1) is 5.56 Å². The zero-order valence-electron chi connectivity index (χ0n) is 18.9. The lowest BCUT2D eigenvalue weighted by Gasteiger charge is -2.12. The number of hydrogen-bond donors (Lipinski definition) is 3. The van der Waals surface area contributed by atoms with E-state index in [1.165, 1.54) is 36.4 Å². The maximum atomic E-state index is 12.9. The molecular weight excluding hydrogens is 475 g/mol. The maximum absolute atomic E-state index is 12.9. The summed E-state index contributed by atoms with van der Waals surface area (Å²) in [6.45, 7) is 0.539. The summed E-state index contributed by atoms with van der Waals surface area (Å²) in [4.78, 5) is 37.6. The lowest BCUT2D eigenvalue weighted by Crippen LogP contribution is -2.27. The highest BCUT2D eigenvalue weighted by atomic mass is 19.4. The smallest absolute Gasteiger partial charge is 0.368 e. The van der Waals surface area contributed by atoms with E-state index in [4.69, 9.17) is 4.74 Å². The van der Waals surface area contributed by atoms with Crippen LogP contribution in [-0.4, -0.2) is 30.4 Å². The number of halogens is 3. The van der Waals surface area contributed by atoms with Crippen molar-refractivity contribution in [3.05, 3.63) is 89.5 Å². The normalized spacial score (nSPS) is 15.2. The first-order chi connectivity index (χ1) is 17.2. The number of ether oxygens (including phenoxy) is 1. The molecule has 3 aromatic rings. The first-order valence-corrected chi connectivity index (χ1v) is 11.1. The second-order valence-electron chi connectivity index (χ2n) is 8.14. The minimum atomic E-state index is -4.53. The highest BCUT2D eigenvalue weighted by Gasteiger charge is 2.30. The van der Waals surface area contributed by atoms with Gasteiger partial charge >= 0.3 is 6.18 Å². The number of hydrogen-bond acceptors (Lipinski definition) is 4. The zero-order chi connectivity index (χ0) is 25.7. The minimum Gasteiger partial charge on any atom is -0.368 e. The van der Waals surface area contributed by atoms with Crippen molar-refractivity contribution in [2.24, 2.45) is 0 Å². The van der Waals surface area contributed by atoms with Crippen molar-refractivity contribution >= 4 is 34.8 Å². The van der Waals surface area contributed by atoms with Gasteiger partial charge in [0.2, 0.25) is 0 Å². The molecule has 1 aliphatic rings. The van der Waals surface area contributed by atoms with Crippen molar-refractivity contribution in [1.29, 1.82) is 0 Å². The molecule has 0 aliphatic carbocycles. The number of anilines is 3. The van der Waals surface area contributed by atoms with Gasteiger partial charge in [0.25, 0.3) is 17.7 Å². The average Bonchev–Trinajstić information content (AvgIpc) is 3.39. The van der Waals surface area contributed by atoms with Gasteiger partial charge in [0, 0.05) is 34.8 Å². The largest absolute Gasteiger partial charge is 0.416 e. The van der Waals surface area contributed by atoms with Crippen molar-refractivity contribution in [1.82, 2.24) is 0 Å². The van der Waals surface area contributed by atoms with Gasteiger partial charge in [-0.2, -0.15) is 13.2 Å². The van der Waals surface area contributed by atoms with Crippen LogP contribution in [0.3, 0.4) is 0 Å². The van der Waals surface area contributed by atoms with E-state index >= 15 is 0 Å². The summed E-state index contributed by atoms with van der Waals surface area (Å²) in [5.41, 5.74) is 0.284. The standard InChI is InChI=1S/C26H22F3N3O4/c27-26(28,29)18-7-3-10-21(15-18)31-24(34)16-5-1-8-19(13-16)30-23(33)17-6-2-9-20(14-17)32-25(35)22-11-4-12-36-22/h1-3,5-10,13-15,22H,4,11-12H2,(H,30,33)(H,31,34)(H,32,35). The Morgan fingerprint density at radius 3 is 1.81 bits per heavy atom. The Kier molecular flexibility index (Phi) is 7.35. The molecule has 0 radical (unpaired) electrons. The molecule has 1 heterocycles. The van der Waals surface area contributed by atoms with Crippen molar-refractivity contribution in [2.45, 2.75) is 25.1 Å². The highest BCUT2D eigenvalue weighted by molar-refractivity contribution is 6.08. The summed E-state index contributed by atoms with van der Waals surface area (Å²) < 4.78 is 44.1. The molecule has 4 rings (SSSR count). The first-order valence-electron chi connectivity index (χ1n) is 11.1. The number of benzene rings is 3. The predicted octanol–water partition coefficient (Wildman–Crippen LogP) is 5.33. The Bertz CT molecular complexity index is 1290. The van der Waals surface area contributed by atoms with Crippen LogP contribution in [0, 0.1) is 0 Å². The lowest BCUT2D eigenvalue weighted by atomic mass is 10.1. The molecule has 3 aromatic carbocycles. The molecule has 1 aliphatic heterocycles. The topological polar surface area (TPSA) is 96.5 Å². The molecule has 36 heavy (non-hydrogen) atoms. The summed E-state index contributed by atoms with van der Waals surface area (Å²) in [6.07, 6.45) is -3.58. The molecule has 0 bridgehead atoms. The maximum Gasteiger partial charge on any atom is 0.416 e. The SMILES string of the molecule is O=C(Nc1cccc(C(F)(F)F)c1)c1cccc(NC(=O)c2cccc(NC(=O)C3CCCO3)c2)c1. The van der Waals surface area contributed by atoms with Gasteiger partial charge in [-0.3, -0.25) is 14.4 Å². The van der Waals surface area contributed by atoms with Crippen LogP contribution in [0.2, 0.25) is 0 Å². The number of carbonyl (C=O) groups excluding carboxylic acids is 3. The average molecular weight is 497 g/mol. The number of rotatable bonds is 6. The quantitative estimate of drug-likeness (QED) is 0.429. The summed E-state index contributed by atoms with van der Waals surface area (Å²) in [6, 6.07) is 16.7. The van der Waals surface area contributed by atoms with Crippen molar-refractivity contribution < 1.29 is 32.3 Å². The summed E-state index contributed by atoms with van der Waals surface area (Å²) in [7, 11) is 0. The van der Waals surface area contributed by atoms with Gasteiger partial charge in [0.1, 0.15) is 6.10 Å². The third-order valence-electron chi connectivity index (χ3n) is 5.44. The zero-order valence-corrected chi connectivity index (χ0v) is 18.9. The molecular formula is C26H22F3N3O4. The Morgan fingerprint density at radius 2 is 1.28 bits per heavy atom. The summed E-state index contributed by atoms with van der Waals surface area (Å²) >= 11 is 0. The molecule has 1 atom stereocenters. The fourth-order valence-electron chi connectivity index (χ4n) is 3.66. The van der Waals surface area contributed by atoms with E-state index in [1.54, 1.807) is 24.3 Å². The van der Waals surface area contributed by atoms with E-state index in [9.17, 15) is 27.6 Å². The van der Waals surface area contributed by atoms with Crippen LogP contribution in [0.15, 0.2) is 72.8 Å². The van der Waals surface area contributed by atoms with E-state index in [0.717, 1.165) is 18.6 Å². The third-order valence-corrected chi connectivity index (χ3v) is 5.44. The van der Waals surface area contributed by atoms with Gasteiger partial charge in [0.15, 0.2) is 0 Å². The van der Waals surface area contributed by atoms with Crippen molar-refractivity contribution in [3.63, 3.8) is 0 Å². The fraction of sp³-hybridized carbons (Fsp3) is 0.192. The van der Waals surface area contributed by atoms with Gasteiger partial charge in [-0.05, 0) is 67.4 Å². The molecule has 0 spiro atoms. The molecule has 1 unspecified atom stereocenters. The van der Waals surface area contributed by atoms with Crippen molar-refractivity contribution in [2.75, 3.05) is 22.6 Å². The predicted molar refractivity (Wildman–Crippen MR) is 128 cm³/mol. The number of carbonyl (C=O) groups is 3. The summed E-state index contributed by atoms with van der Waals surface area (Å²) in [5.74, 6) is -1.38. The lowest BCUT2D eigenvalue weighted by molar-refractivity contribution is -0.137. The first kappa shape index (κ1) is 24.9. The molecule has 1 fully saturated rings. The van der Waals surface area contributed by atoms with Gasteiger partial charge in [-0.25, -0.2) is 0 Å². The highest BCUT2D eigenvalue weighted by Crippen LogP contribution is 2.30. The van der Waals surface area contributed by atoms with Crippen LogP contribution in [0.1, 0.15) is 39.1 Å². The van der Waals surface area contributed by atoms with Gasteiger partial charge in [-0.15, -0.1) is 0 Å². The minimum absolute atomic E-state index is 0.00821. The Morgan fingerprint density at radius 1 is 0.750 bits per heavy atom. The van der Waals surface area contributed by atoms with E-state index in [1.807, 2.05) is 0 Å².